The summed E-state index contributed by atoms with van der Waals surface area (Å²) in [5.41, 5.74) is 1.45. The summed E-state index contributed by atoms with van der Waals surface area (Å²) in [7, 11) is 0. The minimum absolute atomic E-state index is 0.0744. The second-order valence-corrected chi connectivity index (χ2v) is 3.41. The Morgan fingerprint density at radius 2 is 2.12 bits per heavy atom. The number of amides is 1. The molecule has 3 N–H and O–H groups in total. The smallest absolute Gasteiger partial charge is 0.253 e. The van der Waals surface area contributed by atoms with Gasteiger partial charge in [0.1, 0.15) is 0 Å². The van der Waals surface area contributed by atoms with Crippen molar-refractivity contribution < 1.29 is 9.90 Å². The van der Waals surface area contributed by atoms with Crippen molar-refractivity contribution in [1.82, 2.24) is 5.32 Å². The van der Waals surface area contributed by atoms with Crippen LogP contribution in [0.25, 0.3) is 0 Å². The molecular weight excluding hydrogens is 204 g/mol. The zero-order chi connectivity index (χ0) is 11.8. The van der Waals surface area contributed by atoms with Crippen molar-refractivity contribution >= 4 is 11.6 Å². The Morgan fingerprint density at radius 3 is 2.81 bits per heavy atom. The van der Waals surface area contributed by atoms with Gasteiger partial charge in [0.2, 0.25) is 0 Å². The van der Waals surface area contributed by atoms with Crippen LogP contribution in [0.15, 0.2) is 24.3 Å². The molecule has 0 aliphatic heterocycles. The zero-order valence-electron chi connectivity index (χ0n) is 9.49. The van der Waals surface area contributed by atoms with E-state index in [1.165, 1.54) is 0 Å². The molecule has 4 heteroatoms. The predicted octanol–water partition coefficient (Wildman–Crippen LogP) is 1.23. The van der Waals surface area contributed by atoms with E-state index in [9.17, 15) is 4.79 Å². The maximum absolute atomic E-state index is 11.7. The lowest BCUT2D eigenvalue weighted by atomic mass is 10.1. The average Bonchev–Trinajstić information content (AvgIpc) is 2.30. The van der Waals surface area contributed by atoms with Crippen molar-refractivity contribution in [2.24, 2.45) is 0 Å². The largest absolute Gasteiger partial charge is 0.396 e. The molecule has 0 heterocycles. The molecule has 4 nitrogen and oxygen atoms in total. The van der Waals surface area contributed by atoms with E-state index in [-0.39, 0.29) is 12.5 Å². The SMILES string of the molecule is CCNC(=O)c1ccccc1NCCCO. The van der Waals surface area contributed by atoms with E-state index in [4.69, 9.17) is 5.11 Å². The van der Waals surface area contributed by atoms with Crippen molar-refractivity contribution in [2.75, 3.05) is 25.0 Å². The van der Waals surface area contributed by atoms with E-state index in [0.717, 1.165) is 5.69 Å². The number of para-hydroxylation sites is 1. The highest BCUT2D eigenvalue weighted by atomic mass is 16.3. The average molecular weight is 222 g/mol. The second-order valence-electron chi connectivity index (χ2n) is 3.41. The van der Waals surface area contributed by atoms with Gasteiger partial charge in [0.15, 0.2) is 0 Å². The third kappa shape index (κ3) is 3.55. The first-order valence-corrected chi connectivity index (χ1v) is 5.51. The normalized spacial score (nSPS) is 9.88. The van der Waals surface area contributed by atoms with Gasteiger partial charge in [-0.15, -0.1) is 0 Å². The highest BCUT2D eigenvalue weighted by molar-refractivity contribution is 5.99. The van der Waals surface area contributed by atoms with Crippen LogP contribution in [0.1, 0.15) is 23.7 Å². The molecule has 0 fully saturated rings. The summed E-state index contributed by atoms with van der Waals surface area (Å²) < 4.78 is 0. The number of anilines is 1. The van der Waals surface area contributed by atoms with Crippen LogP contribution in [0.2, 0.25) is 0 Å². The Balaban J connectivity index is 2.71. The van der Waals surface area contributed by atoms with E-state index in [0.29, 0.717) is 25.1 Å². The summed E-state index contributed by atoms with van der Waals surface area (Å²) in [6.45, 7) is 3.31. The fourth-order valence-electron chi connectivity index (χ4n) is 1.39. The lowest BCUT2D eigenvalue weighted by Gasteiger charge is -2.10. The number of nitrogens with one attached hydrogen (secondary N) is 2. The molecule has 0 aliphatic carbocycles. The van der Waals surface area contributed by atoms with Gasteiger partial charge < -0.3 is 15.7 Å². The highest BCUT2D eigenvalue weighted by Gasteiger charge is 2.08. The van der Waals surface area contributed by atoms with Gasteiger partial charge in [-0.05, 0) is 25.5 Å². The molecule has 1 rings (SSSR count). The number of carbonyl (C=O) groups excluding carboxylic acids is 1. The summed E-state index contributed by atoms with van der Waals surface area (Å²) in [6.07, 6.45) is 0.670. The molecule has 1 amide bonds. The molecule has 0 bridgehead atoms. The van der Waals surface area contributed by atoms with Crippen LogP contribution in [0.5, 0.6) is 0 Å². The van der Waals surface area contributed by atoms with Gasteiger partial charge in [0.25, 0.3) is 5.91 Å². The third-order valence-corrected chi connectivity index (χ3v) is 2.16. The standard InChI is InChI=1S/C12H18N2O2/c1-2-13-12(16)10-6-3-4-7-11(10)14-8-5-9-15/h3-4,6-7,14-15H,2,5,8-9H2,1H3,(H,13,16). The van der Waals surface area contributed by atoms with Crippen LogP contribution in [0.4, 0.5) is 5.69 Å². The summed E-state index contributed by atoms with van der Waals surface area (Å²) in [6, 6.07) is 7.36. The van der Waals surface area contributed by atoms with Crippen molar-refractivity contribution in [2.45, 2.75) is 13.3 Å². The fraction of sp³-hybridized carbons (Fsp3) is 0.417. The van der Waals surface area contributed by atoms with Crippen molar-refractivity contribution in [1.29, 1.82) is 0 Å². The third-order valence-electron chi connectivity index (χ3n) is 2.16. The first-order chi connectivity index (χ1) is 7.79. The van der Waals surface area contributed by atoms with Gasteiger partial charge in [-0.1, -0.05) is 12.1 Å². The zero-order valence-corrected chi connectivity index (χ0v) is 9.49. The molecule has 0 atom stereocenters. The minimum Gasteiger partial charge on any atom is -0.396 e. The Kier molecular flexibility index (Phi) is 5.36. The Labute approximate surface area is 95.7 Å². The maximum atomic E-state index is 11.7. The molecular formula is C12H18N2O2. The Morgan fingerprint density at radius 1 is 1.38 bits per heavy atom. The van der Waals surface area contributed by atoms with Crippen molar-refractivity contribution in [3.05, 3.63) is 29.8 Å². The van der Waals surface area contributed by atoms with Crippen LogP contribution < -0.4 is 10.6 Å². The molecule has 16 heavy (non-hydrogen) atoms. The van der Waals surface area contributed by atoms with Crippen LogP contribution in [-0.4, -0.2) is 30.7 Å². The number of hydrogen-bond acceptors (Lipinski definition) is 3. The van der Waals surface area contributed by atoms with Crippen LogP contribution in [-0.2, 0) is 0 Å². The van der Waals surface area contributed by atoms with Gasteiger partial charge in [-0.25, -0.2) is 0 Å². The summed E-state index contributed by atoms with van der Waals surface area (Å²) >= 11 is 0. The van der Waals surface area contributed by atoms with Gasteiger partial charge in [0.05, 0.1) is 5.56 Å². The van der Waals surface area contributed by atoms with Crippen LogP contribution >= 0.6 is 0 Å². The molecule has 1 aromatic carbocycles. The first-order valence-electron chi connectivity index (χ1n) is 5.51. The Bertz CT molecular complexity index is 340. The highest BCUT2D eigenvalue weighted by Crippen LogP contribution is 2.14. The van der Waals surface area contributed by atoms with Gasteiger partial charge in [0, 0.05) is 25.4 Å². The van der Waals surface area contributed by atoms with Crippen LogP contribution in [0.3, 0.4) is 0 Å². The molecule has 1 aromatic rings. The quantitative estimate of drug-likeness (QED) is 0.634. The van der Waals surface area contributed by atoms with E-state index < -0.39 is 0 Å². The number of rotatable bonds is 6. The maximum Gasteiger partial charge on any atom is 0.253 e. The number of hydrogen-bond donors (Lipinski definition) is 3. The predicted molar refractivity (Wildman–Crippen MR) is 64.6 cm³/mol. The van der Waals surface area contributed by atoms with Crippen molar-refractivity contribution in [3.63, 3.8) is 0 Å². The number of aliphatic hydroxyl groups is 1. The molecule has 0 spiro atoms. The van der Waals surface area contributed by atoms with E-state index in [2.05, 4.69) is 10.6 Å². The van der Waals surface area contributed by atoms with E-state index >= 15 is 0 Å². The first kappa shape index (κ1) is 12.5. The molecule has 0 aromatic heterocycles. The van der Waals surface area contributed by atoms with Gasteiger partial charge >= 0.3 is 0 Å². The number of aliphatic hydroxyl groups excluding tert-OH is 1. The number of carbonyl (C=O) groups is 1. The fourth-order valence-corrected chi connectivity index (χ4v) is 1.39. The summed E-state index contributed by atoms with van der Waals surface area (Å²) in [4.78, 5) is 11.7. The van der Waals surface area contributed by atoms with Crippen molar-refractivity contribution in [3.8, 4) is 0 Å². The molecule has 88 valence electrons. The summed E-state index contributed by atoms with van der Waals surface area (Å²) in [5, 5.41) is 14.6. The van der Waals surface area contributed by atoms with E-state index in [1.54, 1.807) is 6.07 Å². The van der Waals surface area contributed by atoms with E-state index in [1.807, 2.05) is 25.1 Å². The van der Waals surface area contributed by atoms with Gasteiger partial charge in [-0.3, -0.25) is 4.79 Å². The molecule has 0 radical (unpaired) electrons. The van der Waals surface area contributed by atoms with Crippen LogP contribution in [0, 0.1) is 0 Å². The molecule has 0 saturated carbocycles. The summed E-state index contributed by atoms with van der Waals surface area (Å²) in [5.74, 6) is -0.0744. The second kappa shape index (κ2) is 6.85. The monoisotopic (exact) mass is 222 g/mol. The lowest BCUT2D eigenvalue weighted by molar-refractivity contribution is 0.0956. The Hall–Kier alpha value is -1.55. The minimum atomic E-state index is -0.0744. The molecule has 0 saturated heterocycles. The van der Waals surface area contributed by atoms with Gasteiger partial charge in [-0.2, -0.15) is 0 Å². The topological polar surface area (TPSA) is 61.4 Å². The number of benzene rings is 1. The molecule has 0 unspecified atom stereocenters. The molecule has 0 aliphatic rings. The lowest BCUT2D eigenvalue weighted by Crippen LogP contribution is -2.24.